The summed E-state index contributed by atoms with van der Waals surface area (Å²) in [5.41, 5.74) is 0.433. The molecule has 0 heterocycles. The van der Waals surface area contributed by atoms with E-state index in [0.717, 1.165) is 6.41 Å². The van der Waals surface area contributed by atoms with E-state index in [9.17, 15) is 9.59 Å². The molecule has 0 saturated heterocycles. The van der Waals surface area contributed by atoms with Gasteiger partial charge < -0.3 is 9.64 Å². The quantitative estimate of drug-likeness (QED) is 0.346. The molecule has 0 aromatic carbocycles. The molecule has 0 aliphatic rings. The van der Waals surface area contributed by atoms with Crippen LogP contribution in [0.25, 0.3) is 0 Å². The van der Waals surface area contributed by atoms with E-state index in [1.165, 1.54) is 12.0 Å². The highest BCUT2D eigenvalue weighted by molar-refractivity contribution is 5.86. The second-order valence-corrected chi connectivity index (χ2v) is 2.34. The Morgan fingerprint density at radius 1 is 1.50 bits per heavy atom. The summed E-state index contributed by atoms with van der Waals surface area (Å²) in [5.74, 6) is -0.347. The molecule has 0 aromatic heterocycles. The molecule has 1 amide bonds. The minimum Gasteiger partial charge on any atom is -0.466 e. The van der Waals surface area contributed by atoms with Crippen molar-refractivity contribution in [1.29, 1.82) is 0 Å². The Kier molecular flexibility index (Phi) is 8.62. The van der Waals surface area contributed by atoms with E-state index < -0.39 is 0 Å². The Bertz CT molecular complexity index is 164. The lowest BCUT2D eigenvalue weighted by atomic mass is 10.4. The topological polar surface area (TPSA) is 46.6 Å². The SMILES string of the molecule is C=C(C)C(=O)OC.CN(C)C=O. The molecule has 0 saturated carbocycles. The number of nitrogens with zero attached hydrogens (tertiary/aromatic N) is 1. The summed E-state index contributed by atoms with van der Waals surface area (Å²) < 4.78 is 4.27. The number of ether oxygens (including phenoxy) is 1. The largest absolute Gasteiger partial charge is 0.466 e. The number of esters is 1. The monoisotopic (exact) mass is 173 g/mol. The second-order valence-electron chi connectivity index (χ2n) is 2.34. The first-order valence-electron chi connectivity index (χ1n) is 3.31. The molecular formula is C8H15NO3. The van der Waals surface area contributed by atoms with Crippen LogP contribution in [0.3, 0.4) is 0 Å². The minimum absolute atomic E-state index is 0.347. The zero-order chi connectivity index (χ0) is 10.1. The maximum absolute atomic E-state index is 10.2. The maximum Gasteiger partial charge on any atom is 0.332 e. The third-order valence-electron chi connectivity index (χ3n) is 0.745. The van der Waals surface area contributed by atoms with Crippen LogP contribution in [0.4, 0.5) is 0 Å². The van der Waals surface area contributed by atoms with E-state index in [1.807, 2.05) is 0 Å². The van der Waals surface area contributed by atoms with E-state index in [0.29, 0.717) is 5.57 Å². The predicted molar refractivity (Wildman–Crippen MR) is 46.6 cm³/mol. The fraction of sp³-hybridized carbons (Fsp3) is 0.500. The lowest BCUT2D eigenvalue weighted by Gasteiger charge is -1.93. The van der Waals surface area contributed by atoms with Gasteiger partial charge in [0.1, 0.15) is 0 Å². The van der Waals surface area contributed by atoms with Gasteiger partial charge in [-0.1, -0.05) is 6.58 Å². The molecule has 4 nitrogen and oxygen atoms in total. The van der Waals surface area contributed by atoms with Crippen molar-refractivity contribution in [3.05, 3.63) is 12.2 Å². The Morgan fingerprint density at radius 3 is 1.83 bits per heavy atom. The average Bonchev–Trinajstić information content (AvgIpc) is 2.04. The molecule has 0 atom stereocenters. The molecule has 0 fully saturated rings. The average molecular weight is 173 g/mol. The summed E-state index contributed by atoms with van der Waals surface area (Å²) in [6.07, 6.45) is 0.750. The van der Waals surface area contributed by atoms with Crippen LogP contribution in [0.2, 0.25) is 0 Å². The molecule has 0 aliphatic carbocycles. The summed E-state index contributed by atoms with van der Waals surface area (Å²) >= 11 is 0. The van der Waals surface area contributed by atoms with Crippen molar-refractivity contribution in [2.45, 2.75) is 6.92 Å². The van der Waals surface area contributed by atoms with Gasteiger partial charge >= 0.3 is 5.97 Å². The highest BCUT2D eigenvalue weighted by atomic mass is 16.5. The predicted octanol–water partition coefficient (Wildman–Crippen LogP) is 0.440. The first kappa shape index (κ1) is 13.3. The third-order valence-corrected chi connectivity index (χ3v) is 0.745. The molecular weight excluding hydrogens is 158 g/mol. The molecule has 0 bridgehead atoms. The molecule has 0 rings (SSSR count). The van der Waals surface area contributed by atoms with Crippen LogP contribution in [0.15, 0.2) is 12.2 Å². The van der Waals surface area contributed by atoms with Crippen molar-refractivity contribution in [2.24, 2.45) is 0 Å². The van der Waals surface area contributed by atoms with Crippen LogP contribution in [0, 0.1) is 0 Å². The van der Waals surface area contributed by atoms with E-state index in [4.69, 9.17) is 0 Å². The zero-order valence-electron chi connectivity index (χ0n) is 7.96. The van der Waals surface area contributed by atoms with Crippen molar-refractivity contribution >= 4 is 12.4 Å². The molecule has 12 heavy (non-hydrogen) atoms. The van der Waals surface area contributed by atoms with Gasteiger partial charge in [-0.15, -0.1) is 0 Å². The van der Waals surface area contributed by atoms with E-state index in [2.05, 4.69) is 11.3 Å². The van der Waals surface area contributed by atoms with E-state index >= 15 is 0 Å². The molecule has 0 spiro atoms. The van der Waals surface area contributed by atoms with E-state index in [-0.39, 0.29) is 5.97 Å². The van der Waals surface area contributed by atoms with Gasteiger partial charge in [-0.25, -0.2) is 4.79 Å². The summed E-state index contributed by atoms with van der Waals surface area (Å²) in [6.45, 7) is 4.95. The van der Waals surface area contributed by atoms with Crippen LogP contribution >= 0.6 is 0 Å². The lowest BCUT2D eigenvalue weighted by molar-refractivity contribution is -0.136. The minimum atomic E-state index is -0.347. The van der Waals surface area contributed by atoms with Crippen molar-refractivity contribution in [1.82, 2.24) is 4.90 Å². The number of hydrogen-bond acceptors (Lipinski definition) is 3. The Balaban J connectivity index is 0. The van der Waals surface area contributed by atoms with E-state index in [1.54, 1.807) is 21.0 Å². The van der Waals surface area contributed by atoms with Gasteiger partial charge in [0, 0.05) is 19.7 Å². The Hall–Kier alpha value is -1.32. The lowest BCUT2D eigenvalue weighted by Crippen LogP contribution is -2.06. The molecule has 0 unspecified atom stereocenters. The molecule has 0 aromatic rings. The summed E-state index contributed by atoms with van der Waals surface area (Å²) in [4.78, 5) is 21.1. The van der Waals surface area contributed by atoms with Crippen molar-refractivity contribution in [3.63, 3.8) is 0 Å². The van der Waals surface area contributed by atoms with Gasteiger partial charge in [0.25, 0.3) is 0 Å². The standard InChI is InChI=1S/C5H8O2.C3H7NO/c1-4(2)5(6)7-3;1-4(2)3-5/h1H2,2-3H3;3H,1-2H3. The fourth-order valence-corrected chi connectivity index (χ4v) is 0.174. The van der Waals surface area contributed by atoms with Crippen LogP contribution in [-0.2, 0) is 14.3 Å². The van der Waals surface area contributed by atoms with Crippen molar-refractivity contribution in [3.8, 4) is 0 Å². The van der Waals surface area contributed by atoms with Crippen molar-refractivity contribution in [2.75, 3.05) is 21.2 Å². The third kappa shape index (κ3) is 11.5. The van der Waals surface area contributed by atoms with Crippen LogP contribution in [0.5, 0.6) is 0 Å². The molecule has 70 valence electrons. The molecule has 0 N–H and O–H groups in total. The van der Waals surface area contributed by atoms with Gasteiger partial charge in [0.05, 0.1) is 7.11 Å². The number of carbonyl (C=O) groups excluding carboxylic acids is 2. The highest BCUT2D eigenvalue weighted by Gasteiger charge is 1.95. The van der Waals surface area contributed by atoms with Gasteiger partial charge in [-0.05, 0) is 6.92 Å². The van der Waals surface area contributed by atoms with Gasteiger partial charge in [0.15, 0.2) is 0 Å². The van der Waals surface area contributed by atoms with Crippen LogP contribution in [-0.4, -0.2) is 38.5 Å². The van der Waals surface area contributed by atoms with Crippen molar-refractivity contribution < 1.29 is 14.3 Å². The van der Waals surface area contributed by atoms with Crippen LogP contribution in [0.1, 0.15) is 6.92 Å². The second kappa shape index (κ2) is 7.78. The number of amides is 1. The number of rotatable bonds is 2. The Morgan fingerprint density at radius 2 is 1.83 bits per heavy atom. The zero-order valence-corrected chi connectivity index (χ0v) is 7.96. The highest BCUT2D eigenvalue weighted by Crippen LogP contribution is 1.87. The fourth-order valence-electron chi connectivity index (χ4n) is 0.174. The molecule has 0 aliphatic heterocycles. The summed E-state index contributed by atoms with van der Waals surface area (Å²) in [6, 6.07) is 0. The Labute approximate surface area is 72.8 Å². The van der Waals surface area contributed by atoms with Gasteiger partial charge in [0.2, 0.25) is 6.41 Å². The molecule has 4 heteroatoms. The number of hydrogen-bond donors (Lipinski definition) is 0. The van der Waals surface area contributed by atoms with Gasteiger partial charge in [-0.2, -0.15) is 0 Å². The maximum atomic E-state index is 10.2. The first-order valence-corrected chi connectivity index (χ1v) is 3.31. The summed E-state index contributed by atoms with van der Waals surface area (Å²) in [5, 5.41) is 0. The first-order chi connectivity index (χ1) is 5.45. The van der Waals surface area contributed by atoms with Crippen LogP contribution < -0.4 is 0 Å². The van der Waals surface area contributed by atoms with Gasteiger partial charge in [-0.3, -0.25) is 4.79 Å². The number of carbonyl (C=O) groups is 2. The normalized spacial score (nSPS) is 7.33. The number of methoxy groups -OCH3 is 1. The molecule has 0 radical (unpaired) electrons. The smallest absolute Gasteiger partial charge is 0.332 e. The summed E-state index contributed by atoms with van der Waals surface area (Å²) in [7, 11) is 4.71.